The molecule has 1 heterocycles. The summed E-state index contributed by atoms with van der Waals surface area (Å²) in [6.45, 7) is 3.27. The van der Waals surface area contributed by atoms with Gasteiger partial charge in [-0.25, -0.2) is 0 Å². The summed E-state index contributed by atoms with van der Waals surface area (Å²) >= 11 is 3.60. The Labute approximate surface area is 111 Å². The molecule has 0 saturated carbocycles. The van der Waals surface area contributed by atoms with Crippen LogP contribution in [0.1, 0.15) is 12.0 Å². The van der Waals surface area contributed by atoms with Crippen LogP contribution in [-0.4, -0.2) is 38.2 Å². The summed E-state index contributed by atoms with van der Waals surface area (Å²) in [6.07, 6.45) is 1.23. The van der Waals surface area contributed by atoms with Crippen molar-refractivity contribution in [2.45, 2.75) is 19.0 Å². The zero-order chi connectivity index (χ0) is 12.3. The van der Waals surface area contributed by atoms with Gasteiger partial charge >= 0.3 is 0 Å². The van der Waals surface area contributed by atoms with Gasteiger partial charge in [0.2, 0.25) is 0 Å². The van der Waals surface area contributed by atoms with Crippen molar-refractivity contribution in [2.24, 2.45) is 0 Å². The van der Waals surface area contributed by atoms with Crippen molar-refractivity contribution in [3.63, 3.8) is 0 Å². The zero-order valence-electron chi connectivity index (χ0n) is 10.4. The molecule has 1 aliphatic heterocycles. The minimum Gasteiger partial charge on any atom is -0.497 e. The van der Waals surface area contributed by atoms with Gasteiger partial charge in [0.25, 0.3) is 0 Å². The highest BCUT2D eigenvalue weighted by molar-refractivity contribution is 9.10. The molecule has 2 rings (SSSR count). The van der Waals surface area contributed by atoms with Gasteiger partial charge in [-0.1, -0.05) is 15.9 Å². The molecule has 17 heavy (non-hydrogen) atoms. The van der Waals surface area contributed by atoms with Crippen molar-refractivity contribution < 1.29 is 4.74 Å². The lowest BCUT2D eigenvalue weighted by Crippen LogP contribution is -2.29. The van der Waals surface area contributed by atoms with E-state index in [1.165, 1.54) is 12.0 Å². The molecule has 0 aromatic heterocycles. The van der Waals surface area contributed by atoms with E-state index in [0.717, 1.165) is 29.9 Å². The summed E-state index contributed by atoms with van der Waals surface area (Å²) in [5.74, 6) is 0.924. The first-order valence-corrected chi connectivity index (χ1v) is 6.74. The molecule has 1 aromatic rings. The highest BCUT2D eigenvalue weighted by Crippen LogP contribution is 2.25. The van der Waals surface area contributed by atoms with Crippen molar-refractivity contribution in [2.75, 3.05) is 27.2 Å². The van der Waals surface area contributed by atoms with Crippen LogP contribution in [0.4, 0.5) is 0 Å². The van der Waals surface area contributed by atoms with E-state index in [1.54, 1.807) is 7.11 Å². The largest absolute Gasteiger partial charge is 0.497 e. The molecule has 0 spiro atoms. The number of rotatable bonds is 4. The van der Waals surface area contributed by atoms with Crippen LogP contribution < -0.4 is 10.1 Å². The monoisotopic (exact) mass is 298 g/mol. The molecule has 1 N–H and O–H groups in total. The average Bonchev–Trinajstić information content (AvgIpc) is 2.80. The molecular weight excluding hydrogens is 280 g/mol. The maximum absolute atomic E-state index is 5.26. The maximum Gasteiger partial charge on any atom is 0.119 e. The van der Waals surface area contributed by atoms with Crippen molar-refractivity contribution in [3.05, 3.63) is 28.2 Å². The number of likely N-dealkylation sites (N-methyl/N-ethyl adjacent to an activating group) is 1. The molecule has 0 amide bonds. The van der Waals surface area contributed by atoms with E-state index in [-0.39, 0.29) is 0 Å². The number of benzene rings is 1. The third-order valence-electron chi connectivity index (χ3n) is 3.33. The van der Waals surface area contributed by atoms with Gasteiger partial charge in [-0.15, -0.1) is 0 Å². The normalized spacial score (nSPS) is 20.8. The molecule has 1 atom stereocenters. The number of ether oxygens (including phenoxy) is 1. The Hall–Kier alpha value is -0.580. The van der Waals surface area contributed by atoms with E-state index in [2.05, 4.69) is 38.3 Å². The molecule has 1 aliphatic rings. The Balaban J connectivity index is 2.03. The zero-order valence-corrected chi connectivity index (χ0v) is 12.0. The van der Waals surface area contributed by atoms with Gasteiger partial charge in [-0.05, 0) is 37.2 Å². The number of likely N-dealkylation sites (tertiary alicyclic amines) is 1. The number of methoxy groups -OCH3 is 1. The molecule has 4 heteroatoms. The highest BCUT2D eigenvalue weighted by Gasteiger charge is 2.21. The highest BCUT2D eigenvalue weighted by atomic mass is 79.9. The molecule has 94 valence electrons. The van der Waals surface area contributed by atoms with Gasteiger partial charge in [0.05, 0.1) is 7.11 Å². The van der Waals surface area contributed by atoms with Crippen molar-refractivity contribution in [3.8, 4) is 5.75 Å². The summed E-state index contributed by atoms with van der Waals surface area (Å²) in [5, 5.41) is 3.34. The Morgan fingerprint density at radius 3 is 3.00 bits per heavy atom. The van der Waals surface area contributed by atoms with E-state index in [1.807, 2.05) is 13.1 Å². The third-order valence-corrected chi connectivity index (χ3v) is 4.10. The minimum absolute atomic E-state index is 0.638. The topological polar surface area (TPSA) is 24.5 Å². The molecule has 1 fully saturated rings. The minimum atomic E-state index is 0.638. The summed E-state index contributed by atoms with van der Waals surface area (Å²) < 4.78 is 6.42. The number of hydrogen-bond donors (Lipinski definition) is 1. The molecule has 3 nitrogen and oxygen atoms in total. The van der Waals surface area contributed by atoms with Crippen LogP contribution in [0.25, 0.3) is 0 Å². The Kier molecular flexibility index (Phi) is 4.42. The van der Waals surface area contributed by atoms with Gasteiger partial charge in [0.15, 0.2) is 0 Å². The maximum atomic E-state index is 5.26. The SMILES string of the molecule is CNC1CCN(Cc2cc(OC)ccc2Br)C1. The quantitative estimate of drug-likeness (QED) is 0.923. The predicted octanol–water partition coefficient (Wildman–Crippen LogP) is 2.25. The van der Waals surface area contributed by atoms with Crippen LogP contribution in [0, 0.1) is 0 Å². The fourth-order valence-electron chi connectivity index (χ4n) is 2.25. The molecule has 0 aliphatic carbocycles. The van der Waals surface area contributed by atoms with Gasteiger partial charge in [-0.3, -0.25) is 4.90 Å². The van der Waals surface area contributed by atoms with E-state index in [9.17, 15) is 0 Å². The third kappa shape index (κ3) is 3.21. The number of hydrogen-bond acceptors (Lipinski definition) is 3. The summed E-state index contributed by atoms with van der Waals surface area (Å²) in [4.78, 5) is 2.47. The Bertz CT molecular complexity index is 384. The van der Waals surface area contributed by atoms with Crippen LogP contribution in [0.15, 0.2) is 22.7 Å². The second-order valence-corrected chi connectivity index (χ2v) is 5.32. The predicted molar refractivity (Wildman–Crippen MR) is 73.4 cm³/mol. The van der Waals surface area contributed by atoms with Crippen LogP contribution in [0.3, 0.4) is 0 Å². The standard InChI is InChI=1S/C13H19BrN2O/c1-15-11-5-6-16(9-11)8-10-7-12(17-2)3-4-13(10)14/h3-4,7,11,15H,5-6,8-9H2,1-2H3. The van der Waals surface area contributed by atoms with Crippen molar-refractivity contribution in [1.29, 1.82) is 0 Å². The molecule has 1 unspecified atom stereocenters. The van der Waals surface area contributed by atoms with Crippen LogP contribution >= 0.6 is 15.9 Å². The molecular formula is C13H19BrN2O. The van der Waals surface area contributed by atoms with Gasteiger partial charge < -0.3 is 10.1 Å². The number of nitrogens with zero attached hydrogens (tertiary/aromatic N) is 1. The summed E-state index contributed by atoms with van der Waals surface area (Å²) in [6, 6.07) is 6.78. The average molecular weight is 299 g/mol. The molecule has 0 radical (unpaired) electrons. The van der Waals surface area contributed by atoms with Gasteiger partial charge in [0, 0.05) is 30.1 Å². The first-order chi connectivity index (χ1) is 8.22. The van der Waals surface area contributed by atoms with Gasteiger partial charge in [0.1, 0.15) is 5.75 Å². The van der Waals surface area contributed by atoms with E-state index < -0.39 is 0 Å². The summed E-state index contributed by atoms with van der Waals surface area (Å²) in [7, 11) is 3.75. The van der Waals surface area contributed by atoms with Crippen molar-refractivity contribution >= 4 is 15.9 Å². The van der Waals surface area contributed by atoms with Crippen molar-refractivity contribution in [1.82, 2.24) is 10.2 Å². The lowest BCUT2D eigenvalue weighted by Gasteiger charge is -2.17. The second-order valence-electron chi connectivity index (χ2n) is 4.47. The van der Waals surface area contributed by atoms with Crippen LogP contribution in [-0.2, 0) is 6.54 Å². The van der Waals surface area contributed by atoms with Crippen LogP contribution in [0.2, 0.25) is 0 Å². The smallest absolute Gasteiger partial charge is 0.119 e. The second kappa shape index (κ2) is 5.85. The number of halogens is 1. The van der Waals surface area contributed by atoms with E-state index in [4.69, 9.17) is 4.74 Å². The number of nitrogens with one attached hydrogen (secondary N) is 1. The van der Waals surface area contributed by atoms with E-state index in [0.29, 0.717) is 6.04 Å². The first-order valence-electron chi connectivity index (χ1n) is 5.95. The lowest BCUT2D eigenvalue weighted by atomic mass is 10.2. The lowest BCUT2D eigenvalue weighted by molar-refractivity contribution is 0.321. The Morgan fingerprint density at radius 2 is 2.35 bits per heavy atom. The Morgan fingerprint density at radius 1 is 1.53 bits per heavy atom. The van der Waals surface area contributed by atoms with Crippen LogP contribution in [0.5, 0.6) is 5.75 Å². The molecule has 1 aromatic carbocycles. The fraction of sp³-hybridized carbons (Fsp3) is 0.538. The van der Waals surface area contributed by atoms with E-state index >= 15 is 0 Å². The fourth-order valence-corrected chi connectivity index (χ4v) is 2.62. The van der Waals surface area contributed by atoms with Gasteiger partial charge in [-0.2, -0.15) is 0 Å². The molecule has 0 bridgehead atoms. The molecule has 1 saturated heterocycles. The first kappa shape index (κ1) is 12.9. The summed E-state index contributed by atoms with van der Waals surface area (Å²) in [5.41, 5.74) is 1.29.